The van der Waals surface area contributed by atoms with Gasteiger partial charge in [0.1, 0.15) is 11.4 Å². The number of hydrogen-bond donors (Lipinski definition) is 2. The summed E-state index contributed by atoms with van der Waals surface area (Å²) in [7, 11) is 4.93. The van der Waals surface area contributed by atoms with Crippen LogP contribution in [0.15, 0.2) is 34.6 Å². The quantitative estimate of drug-likeness (QED) is 0.826. The molecule has 0 aromatic heterocycles. The Balaban J connectivity index is 1.85. The molecule has 1 aromatic rings. The lowest BCUT2D eigenvalue weighted by molar-refractivity contribution is -0.109. The van der Waals surface area contributed by atoms with E-state index in [1.54, 1.807) is 7.11 Å². The number of anilines is 2. The van der Waals surface area contributed by atoms with Crippen molar-refractivity contribution in [1.82, 2.24) is 10.2 Å². The number of alkyl halides is 3. The van der Waals surface area contributed by atoms with Crippen molar-refractivity contribution < 1.29 is 17.9 Å². The van der Waals surface area contributed by atoms with Crippen molar-refractivity contribution in [2.75, 3.05) is 44.6 Å². The Kier molecular flexibility index (Phi) is 4.88. The van der Waals surface area contributed by atoms with Crippen molar-refractivity contribution in [2.24, 2.45) is 0 Å². The van der Waals surface area contributed by atoms with Gasteiger partial charge in [0.05, 0.1) is 36.7 Å². The largest absolute Gasteiger partial charge is 0.496 e. The highest BCUT2D eigenvalue weighted by atomic mass is 35.5. The van der Waals surface area contributed by atoms with Gasteiger partial charge in [0.15, 0.2) is 0 Å². The molecule has 0 radical (unpaired) electrons. The highest BCUT2D eigenvalue weighted by Crippen LogP contribution is 2.40. The average molecular weight is 389 g/mol. The summed E-state index contributed by atoms with van der Waals surface area (Å²) in [5, 5.41) is 6.16. The normalized spacial score (nSPS) is 17.1. The fourth-order valence-corrected chi connectivity index (χ4v) is 3.67. The van der Waals surface area contributed by atoms with Crippen LogP contribution < -0.4 is 20.3 Å². The SMILES string of the molecule is COc1ccc2c(c1CNC1=CC(Cl)=C(C(F)(F)F)N(C)C1)N(C)CN2. The molecule has 0 atom stereocenters. The Bertz CT molecular complexity index is 776. The average Bonchev–Trinajstić information content (AvgIpc) is 2.92. The zero-order valence-electron chi connectivity index (χ0n) is 14.7. The first-order valence-electron chi connectivity index (χ1n) is 7.99. The summed E-state index contributed by atoms with van der Waals surface area (Å²) >= 11 is 5.87. The molecule has 2 aliphatic heterocycles. The van der Waals surface area contributed by atoms with E-state index in [2.05, 4.69) is 15.5 Å². The number of hydrogen-bond acceptors (Lipinski definition) is 5. The second-order valence-electron chi connectivity index (χ2n) is 6.25. The lowest BCUT2D eigenvalue weighted by Crippen LogP contribution is -2.36. The van der Waals surface area contributed by atoms with Gasteiger partial charge in [0.25, 0.3) is 0 Å². The predicted molar refractivity (Wildman–Crippen MR) is 96.4 cm³/mol. The van der Waals surface area contributed by atoms with E-state index in [9.17, 15) is 13.2 Å². The molecule has 0 spiro atoms. The first-order chi connectivity index (χ1) is 12.2. The molecule has 0 amide bonds. The molecule has 0 bridgehead atoms. The van der Waals surface area contributed by atoms with Crippen molar-refractivity contribution in [2.45, 2.75) is 12.7 Å². The number of allylic oxidation sites excluding steroid dienone is 3. The molecule has 142 valence electrons. The van der Waals surface area contributed by atoms with Crippen molar-refractivity contribution in [1.29, 1.82) is 0 Å². The number of halogens is 4. The molecule has 9 heteroatoms. The second kappa shape index (κ2) is 6.83. The van der Waals surface area contributed by atoms with Crippen molar-refractivity contribution in [3.05, 3.63) is 40.2 Å². The molecule has 5 nitrogen and oxygen atoms in total. The van der Waals surface area contributed by atoms with Gasteiger partial charge in [-0.1, -0.05) is 11.6 Å². The van der Waals surface area contributed by atoms with Gasteiger partial charge in [-0.3, -0.25) is 0 Å². The highest BCUT2D eigenvalue weighted by molar-refractivity contribution is 6.31. The molecule has 2 heterocycles. The summed E-state index contributed by atoms with van der Waals surface area (Å²) in [6.07, 6.45) is -3.15. The summed E-state index contributed by atoms with van der Waals surface area (Å²) in [6, 6.07) is 3.82. The molecule has 0 fully saturated rings. The van der Waals surface area contributed by atoms with Crippen LogP contribution in [0.5, 0.6) is 5.75 Å². The fraction of sp³-hybridized carbons (Fsp3) is 0.412. The van der Waals surface area contributed by atoms with Crippen molar-refractivity contribution >= 4 is 23.0 Å². The minimum absolute atomic E-state index is 0.0937. The van der Waals surface area contributed by atoms with Gasteiger partial charge in [-0.25, -0.2) is 0 Å². The third-order valence-corrected chi connectivity index (χ3v) is 4.71. The van der Waals surface area contributed by atoms with Gasteiger partial charge in [-0.15, -0.1) is 0 Å². The number of methoxy groups -OCH3 is 1. The second-order valence-corrected chi connectivity index (χ2v) is 6.66. The van der Waals surface area contributed by atoms with Gasteiger partial charge < -0.3 is 25.2 Å². The Morgan fingerprint density at radius 2 is 2.00 bits per heavy atom. The first kappa shape index (κ1) is 18.6. The number of benzene rings is 1. The number of nitrogens with one attached hydrogen (secondary N) is 2. The fourth-order valence-electron chi connectivity index (χ4n) is 3.29. The smallest absolute Gasteiger partial charge is 0.432 e. The van der Waals surface area contributed by atoms with Crippen LogP contribution >= 0.6 is 11.6 Å². The van der Waals surface area contributed by atoms with Gasteiger partial charge in [-0.05, 0) is 18.2 Å². The Morgan fingerprint density at radius 3 is 2.62 bits per heavy atom. The topological polar surface area (TPSA) is 39.8 Å². The summed E-state index contributed by atoms with van der Waals surface area (Å²) in [4.78, 5) is 3.16. The molecule has 0 aliphatic carbocycles. The van der Waals surface area contributed by atoms with Crippen LogP contribution in [0.3, 0.4) is 0 Å². The number of nitrogens with zero attached hydrogens (tertiary/aromatic N) is 2. The molecule has 3 rings (SSSR count). The van der Waals surface area contributed by atoms with Crippen LogP contribution in [-0.4, -0.2) is 45.5 Å². The van der Waals surface area contributed by atoms with E-state index < -0.39 is 11.9 Å². The number of rotatable bonds is 4. The zero-order valence-corrected chi connectivity index (χ0v) is 15.4. The maximum atomic E-state index is 13.0. The van der Waals surface area contributed by atoms with Crippen LogP contribution in [-0.2, 0) is 6.54 Å². The lowest BCUT2D eigenvalue weighted by Gasteiger charge is -2.30. The van der Waals surface area contributed by atoms with Crippen LogP contribution in [0, 0.1) is 0 Å². The van der Waals surface area contributed by atoms with Crippen LogP contribution in [0.4, 0.5) is 24.5 Å². The van der Waals surface area contributed by atoms with E-state index in [-0.39, 0.29) is 11.6 Å². The van der Waals surface area contributed by atoms with E-state index in [1.807, 2.05) is 19.2 Å². The predicted octanol–water partition coefficient (Wildman–Crippen LogP) is 3.45. The third-order valence-electron chi connectivity index (χ3n) is 4.43. The molecule has 2 aliphatic rings. The number of fused-ring (bicyclic) bond motifs is 1. The number of ether oxygens (including phenoxy) is 1. The summed E-state index contributed by atoms with van der Waals surface area (Å²) in [6.45, 7) is 1.19. The minimum Gasteiger partial charge on any atom is -0.496 e. The van der Waals surface area contributed by atoms with Crippen molar-refractivity contribution in [3.8, 4) is 5.75 Å². The molecular weight excluding hydrogens is 369 g/mol. The number of likely N-dealkylation sites (N-methyl/N-ethyl adjacent to an activating group) is 1. The monoisotopic (exact) mass is 388 g/mol. The molecular formula is C17H20ClF3N4O. The Labute approximate surface area is 155 Å². The maximum absolute atomic E-state index is 13.0. The Morgan fingerprint density at radius 1 is 1.27 bits per heavy atom. The van der Waals surface area contributed by atoms with Crippen LogP contribution in [0.25, 0.3) is 0 Å². The van der Waals surface area contributed by atoms with E-state index in [4.69, 9.17) is 16.3 Å². The Hall–Kier alpha value is -2.22. The summed E-state index contributed by atoms with van der Waals surface area (Å²) in [5.41, 5.74) is 2.73. The van der Waals surface area contributed by atoms with E-state index in [1.165, 1.54) is 13.1 Å². The highest BCUT2D eigenvalue weighted by Gasteiger charge is 2.40. The summed E-state index contributed by atoms with van der Waals surface area (Å²) in [5.74, 6) is 0.717. The van der Waals surface area contributed by atoms with Gasteiger partial charge in [0, 0.05) is 31.9 Å². The van der Waals surface area contributed by atoms with Crippen LogP contribution in [0.1, 0.15) is 5.56 Å². The van der Waals surface area contributed by atoms with Gasteiger partial charge in [-0.2, -0.15) is 13.2 Å². The molecule has 0 unspecified atom stereocenters. The zero-order chi connectivity index (χ0) is 19.1. The third kappa shape index (κ3) is 3.38. The maximum Gasteiger partial charge on any atom is 0.432 e. The summed E-state index contributed by atoms with van der Waals surface area (Å²) < 4.78 is 44.6. The van der Waals surface area contributed by atoms with Gasteiger partial charge >= 0.3 is 6.18 Å². The molecule has 1 aromatic carbocycles. The molecule has 26 heavy (non-hydrogen) atoms. The standard InChI is InChI=1S/C17H20ClF3N4O/c1-24-8-10(6-12(18)16(24)17(19,20)21)22-7-11-14(26-3)5-4-13-15(11)25(2)9-23-13/h4-6,22-23H,7-9H2,1-3H3. The van der Waals surface area contributed by atoms with E-state index in [0.29, 0.717) is 24.7 Å². The van der Waals surface area contributed by atoms with E-state index >= 15 is 0 Å². The minimum atomic E-state index is -4.48. The van der Waals surface area contributed by atoms with E-state index in [0.717, 1.165) is 21.8 Å². The van der Waals surface area contributed by atoms with Crippen LogP contribution in [0.2, 0.25) is 0 Å². The van der Waals surface area contributed by atoms with Gasteiger partial charge in [0.2, 0.25) is 0 Å². The lowest BCUT2D eigenvalue weighted by atomic mass is 10.1. The molecule has 0 saturated carbocycles. The first-order valence-corrected chi connectivity index (χ1v) is 8.37. The molecule has 0 saturated heterocycles. The van der Waals surface area contributed by atoms with Crippen molar-refractivity contribution in [3.63, 3.8) is 0 Å². The molecule has 2 N–H and O–H groups in total.